The predicted molar refractivity (Wildman–Crippen MR) is 67.6 cm³/mol. The number of aromatic nitrogens is 2. The third kappa shape index (κ3) is 1.96. The lowest BCUT2D eigenvalue weighted by atomic mass is 10.0. The van der Waals surface area contributed by atoms with Crippen molar-refractivity contribution in [2.45, 2.75) is 20.0 Å². The first kappa shape index (κ1) is 12.1. The van der Waals surface area contributed by atoms with Crippen molar-refractivity contribution in [3.8, 4) is 5.88 Å². The van der Waals surface area contributed by atoms with Gasteiger partial charge in [-0.05, 0) is 30.9 Å². The number of rotatable bonds is 3. The molecule has 0 saturated heterocycles. The fraction of sp³-hybridized carbons (Fsp3) is 0.417. The van der Waals surface area contributed by atoms with Crippen LogP contribution >= 0.6 is 11.3 Å². The Bertz CT molecular complexity index is 531. The van der Waals surface area contributed by atoms with Gasteiger partial charge in [0, 0.05) is 11.9 Å². The number of thiophene rings is 1. The van der Waals surface area contributed by atoms with Gasteiger partial charge in [0.25, 0.3) is 0 Å². The molecule has 0 saturated carbocycles. The second-order valence-corrected chi connectivity index (χ2v) is 5.09. The van der Waals surface area contributed by atoms with Crippen molar-refractivity contribution >= 4 is 11.3 Å². The topological polar surface area (TPSA) is 47.3 Å². The van der Waals surface area contributed by atoms with Crippen LogP contribution in [0.2, 0.25) is 0 Å². The molecule has 2 aromatic rings. The number of aliphatic hydroxyl groups excluding tert-OH is 1. The first-order valence-corrected chi connectivity index (χ1v) is 6.23. The Hall–Kier alpha value is -1.33. The molecular formula is C12H16N2O2S. The van der Waals surface area contributed by atoms with E-state index in [0.29, 0.717) is 5.88 Å². The molecule has 92 valence electrons. The molecule has 1 unspecified atom stereocenters. The van der Waals surface area contributed by atoms with Crippen molar-refractivity contribution in [1.29, 1.82) is 0 Å². The zero-order valence-corrected chi connectivity index (χ0v) is 11.2. The SMILES string of the molecule is COc1c(C(O)c2ccsc2C)c(C)nn1C. The Morgan fingerprint density at radius 2 is 2.18 bits per heavy atom. The van der Waals surface area contributed by atoms with Crippen molar-refractivity contribution < 1.29 is 9.84 Å². The smallest absolute Gasteiger partial charge is 0.217 e. The summed E-state index contributed by atoms with van der Waals surface area (Å²) < 4.78 is 6.95. The van der Waals surface area contributed by atoms with Gasteiger partial charge in [-0.2, -0.15) is 5.10 Å². The van der Waals surface area contributed by atoms with Gasteiger partial charge in [0.1, 0.15) is 6.10 Å². The number of aryl methyl sites for hydroxylation is 3. The highest BCUT2D eigenvalue weighted by Crippen LogP contribution is 2.34. The van der Waals surface area contributed by atoms with Crippen LogP contribution in [0.15, 0.2) is 11.4 Å². The summed E-state index contributed by atoms with van der Waals surface area (Å²) in [7, 11) is 3.40. The molecule has 17 heavy (non-hydrogen) atoms. The standard InChI is InChI=1S/C12H16N2O2S/c1-7-10(12(16-4)14(3)13-7)11(15)9-5-6-17-8(9)2/h5-6,11,15H,1-4H3. The van der Waals surface area contributed by atoms with Crippen LogP contribution in [0.4, 0.5) is 0 Å². The number of aliphatic hydroxyl groups is 1. The Morgan fingerprint density at radius 1 is 1.47 bits per heavy atom. The van der Waals surface area contributed by atoms with E-state index in [9.17, 15) is 5.11 Å². The maximum absolute atomic E-state index is 10.4. The molecule has 1 atom stereocenters. The maximum atomic E-state index is 10.4. The highest BCUT2D eigenvalue weighted by molar-refractivity contribution is 7.10. The zero-order valence-electron chi connectivity index (χ0n) is 10.4. The molecular weight excluding hydrogens is 236 g/mol. The average Bonchev–Trinajstić information content (AvgIpc) is 2.81. The van der Waals surface area contributed by atoms with Crippen LogP contribution in [0.25, 0.3) is 0 Å². The first-order valence-electron chi connectivity index (χ1n) is 5.35. The highest BCUT2D eigenvalue weighted by Gasteiger charge is 2.24. The van der Waals surface area contributed by atoms with Gasteiger partial charge in [-0.25, -0.2) is 4.68 Å². The molecule has 0 spiro atoms. The minimum absolute atomic E-state index is 0.612. The average molecular weight is 252 g/mol. The van der Waals surface area contributed by atoms with E-state index in [-0.39, 0.29) is 0 Å². The van der Waals surface area contributed by atoms with Crippen LogP contribution in [0.5, 0.6) is 5.88 Å². The summed E-state index contributed by atoms with van der Waals surface area (Å²) in [6.07, 6.45) is -0.676. The van der Waals surface area contributed by atoms with Gasteiger partial charge in [-0.15, -0.1) is 11.3 Å². The van der Waals surface area contributed by atoms with E-state index in [1.807, 2.05) is 32.3 Å². The summed E-state index contributed by atoms with van der Waals surface area (Å²) in [5.74, 6) is 0.612. The van der Waals surface area contributed by atoms with Gasteiger partial charge >= 0.3 is 0 Å². The van der Waals surface area contributed by atoms with E-state index in [1.54, 1.807) is 23.1 Å². The minimum Gasteiger partial charge on any atom is -0.481 e. The molecule has 0 aliphatic heterocycles. The van der Waals surface area contributed by atoms with E-state index in [0.717, 1.165) is 21.7 Å². The van der Waals surface area contributed by atoms with Crippen LogP contribution in [0.3, 0.4) is 0 Å². The lowest BCUT2D eigenvalue weighted by molar-refractivity contribution is 0.212. The second kappa shape index (κ2) is 4.50. The zero-order chi connectivity index (χ0) is 12.6. The monoisotopic (exact) mass is 252 g/mol. The summed E-state index contributed by atoms with van der Waals surface area (Å²) >= 11 is 1.63. The van der Waals surface area contributed by atoms with E-state index in [4.69, 9.17) is 4.74 Å². The first-order chi connectivity index (χ1) is 8.06. The van der Waals surface area contributed by atoms with E-state index in [2.05, 4.69) is 5.10 Å². The molecule has 5 heteroatoms. The van der Waals surface area contributed by atoms with Crippen molar-refractivity contribution in [3.05, 3.63) is 33.1 Å². The highest BCUT2D eigenvalue weighted by atomic mass is 32.1. The second-order valence-electron chi connectivity index (χ2n) is 3.97. The van der Waals surface area contributed by atoms with Gasteiger partial charge < -0.3 is 9.84 Å². The lowest BCUT2D eigenvalue weighted by Gasteiger charge is -2.12. The van der Waals surface area contributed by atoms with Crippen molar-refractivity contribution in [1.82, 2.24) is 9.78 Å². The largest absolute Gasteiger partial charge is 0.481 e. The van der Waals surface area contributed by atoms with E-state index in [1.165, 1.54) is 0 Å². The predicted octanol–water partition coefficient (Wildman–Crippen LogP) is 2.19. The molecule has 0 fully saturated rings. The van der Waals surface area contributed by atoms with Crippen LogP contribution in [0.1, 0.15) is 27.8 Å². The Balaban J connectivity index is 2.50. The molecule has 0 bridgehead atoms. The van der Waals surface area contributed by atoms with Gasteiger partial charge in [0.15, 0.2) is 0 Å². The number of hydrogen-bond donors (Lipinski definition) is 1. The lowest BCUT2D eigenvalue weighted by Crippen LogP contribution is -2.03. The number of ether oxygens (including phenoxy) is 1. The van der Waals surface area contributed by atoms with Crippen molar-refractivity contribution in [2.75, 3.05) is 7.11 Å². The van der Waals surface area contributed by atoms with Crippen LogP contribution < -0.4 is 4.74 Å². The normalized spacial score (nSPS) is 12.8. The van der Waals surface area contributed by atoms with Crippen LogP contribution in [0, 0.1) is 13.8 Å². The van der Waals surface area contributed by atoms with E-state index < -0.39 is 6.10 Å². The fourth-order valence-corrected chi connectivity index (χ4v) is 2.78. The number of hydrogen-bond acceptors (Lipinski definition) is 4. The van der Waals surface area contributed by atoms with Crippen LogP contribution in [-0.4, -0.2) is 22.0 Å². The molecule has 2 heterocycles. The molecule has 0 aliphatic carbocycles. The summed E-state index contributed by atoms with van der Waals surface area (Å²) in [4.78, 5) is 1.11. The third-order valence-electron chi connectivity index (χ3n) is 2.87. The Labute approximate surface area is 104 Å². The van der Waals surface area contributed by atoms with E-state index >= 15 is 0 Å². The molecule has 4 nitrogen and oxygen atoms in total. The quantitative estimate of drug-likeness (QED) is 0.911. The minimum atomic E-state index is -0.676. The molecule has 0 aromatic carbocycles. The summed E-state index contributed by atoms with van der Waals surface area (Å²) in [6.45, 7) is 3.88. The molecule has 0 radical (unpaired) electrons. The summed E-state index contributed by atoms with van der Waals surface area (Å²) in [5, 5.41) is 16.7. The summed E-state index contributed by atoms with van der Waals surface area (Å²) in [6, 6.07) is 1.94. The number of methoxy groups -OCH3 is 1. The molecule has 0 amide bonds. The maximum Gasteiger partial charge on any atom is 0.217 e. The van der Waals surface area contributed by atoms with Gasteiger partial charge in [0.05, 0.1) is 18.4 Å². The molecule has 2 rings (SSSR count). The van der Waals surface area contributed by atoms with Crippen molar-refractivity contribution in [2.24, 2.45) is 7.05 Å². The molecule has 1 N–H and O–H groups in total. The van der Waals surface area contributed by atoms with Gasteiger partial charge in [-0.3, -0.25) is 0 Å². The molecule has 2 aromatic heterocycles. The van der Waals surface area contributed by atoms with Gasteiger partial charge in [0.2, 0.25) is 5.88 Å². The summed E-state index contributed by atoms with van der Waals surface area (Å²) in [5.41, 5.74) is 2.46. The van der Waals surface area contributed by atoms with Crippen molar-refractivity contribution in [3.63, 3.8) is 0 Å². The number of nitrogens with zero attached hydrogens (tertiary/aromatic N) is 2. The third-order valence-corrected chi connectivity index (χ3v) is 3.74. The van der Waals surface area contributed by atoms with Crippen LogP contribution in [-0.2, 0) is 7.05 Å². The fourth-order valence-electron chi connectivity index (χ4n) is 2.04. The van der Waals surface area contributed by atoms with Gasteiger partial charge in [-0.1, -0.05) is 0 Å². The Kier molecular flexibility index (Phi) is 3.22. The Morgan fingerprint density at radius 3 is 2.71 bits per heavy atom. The molecule has 0 aliphatic rings.